The smallest absolute Gasteiger partial charge is 0.219 e. The van der Waals surface area contributed by atoms with E-state index in [1.165, 1.54) is 6.42 Å². The van der Waals surface area contributed by atoms with Gasteiger partial charge in [-0.1, -0.05) is 6.42 Å². The van der Waals surface area contributed by atoms with Crippen molar-refractivity contribution in [2.75, 3.05) is 13.1 Å². The molecule has 2 aliphatic rings. The van der Waals surface area contributed by atoms with Crippen molar-refractivity contribution in [3.8, 4) is 6.07 Å². The van der Waals surface area contributed by atoms with E-state index in [1.807, 2.05) is 4.90 Å². The van der Waals surface area contributed by atoms with Crippen LogP contribution in [-0.4, -0.2) is 23.9 Å². The predicted octanol–water partition coefficient (Wildman–Crippen LogP) is 1.94. The van der Waals surface area contributed by atoms with E-state index in [4.69, 9.17) is 0 Å². The molecule has 15 heavy (non-hydrogen) atoms. The highest BCUT2D eigenvalue weighted by molar-refractivity contribution is 5.73. The van der Waals surface area contributed by atoms with Crippen LogP contribution in [0.15, 0.2) is 0 Å². The van der Waals surface area contributed by atoms with E-state index in [-0.39, 0.29) is 11.3 Å². The minimum atomic E-state index is -0.0249. The average molecular weight is 206 g/mol. The van der Waals surface area contributed by atoms with Crippen molar-refractivity contribution < 1.29 is 4.79 Å². The van der Waals surface area contributed by atoms with Crippen molar-refractivity contribution in [2.24, 2.45) is 11.3 Å². The van der Waals surface area contributed by atoms with Crippen molar-refractivity contribution in [2.45, 2.75) is 39.0 Å². The molecule has 3 nitrogen and oxygen atoms in total. The number of piperidine rings is 1. The van der Waals surface area contributed by atoms with Gasteiger partial charge in [0.1, 0.15) is 0 Å². The Morgan fingerprint density at radius 2 is 2.00 bits per heavy atom. The quantitative estimate of drug-likeness (QED) is 0.658. The average Bonchev–Trinajstić information content (AvgIpc) is 2.18. The van der Waals surface area contributed by atoms with Crippen molar-refractivity contribution in [1.29, 1.82) is 5.26 Å². The highest BCUT2D eigenvalue weighted by Crippen LogP contribution is 2.50. The fraction of sp³-hybridized carbons (Fsp3) is 0.833. The molecular weight excluding hydrogens is 188 g/mol. The number of hydrogen-bond donors (Lipinski definition) is 0. The SMILES string of the molecule is CC(=O)N1CCC(C2(C#N)CCC2)CC1. The Hall–Kier alpha value is -1.04. The summed E-state index contributed by atoms with van der Waals surface area (Å²) in [7, 11) is 0. The summed E-state index contributed by atoms with van der Waals surface area (Å²) in [5.74, 6) is 0.708. The molecule has 1 aliphatic carbocycles. The van der Waals surface area contributed by atoms with Gasteiger partial charge in [-0.2, -0.15) is 5.26 Å². The van der Waals surface area contributed by atoms with Gasteiger partial charge in [0.2, 0.25) is 5.91 Å². The Morgan fingerprint density at radius 1 is 1.40 bits per heavy atom. The van der Waals surface area contributed by atoms with Gasteiger partial charge in [0.25, 0.3) is 0 Å². The first-order valence-electron chi connectivity index (χ1n) is 5.85. The van der Waals surface area contributed by atoms with E-state index < -0.39 is 0 Å². The third-order valence-electron chi connectivity index (χ3n) is 4.19. The van der Waals surface area contributed by atoms with Gasteiger partial charge in [-0.25, -0.2) is 0 Å². The summed E-state index contributed by atoms with van der Waals surface area (Å²) in [5, 5.41) is 9.23. The van der Waals surface area contributed by atoms with Gasteiger partial charge in [0, 0.05) is 20.0 Å². The van der Waals surface area contributed by atoms with Crippen molar-refractivity contribution in [3.05, 3.63) is 0 Å². The molecule has 2 rings (SSSR count). The third-order valence-corrected chi connectivity index (χ3v) is 4.19. The van der Waals surface area contributed by atoms with Crippen molar-refractivity contribution >= 4 is 5.91 Å². The molecule has 0 spiro atoms. The molecule has 1 saturated heterocycles. The Labute approximate surface area is 91.1 Å². The number of carbonyl (C=O) groups is 1. The van der Waals surface area contributed by atoms with Gasteiger partial charge in [-0.05, 0) is 31.6 Å². The number of amides is 1. The normalized spacial score (nSPS) is 25.5. The molecule has 3 heteroatoms. The van der Waals surface area contributed by atoms with E-state index in [9.17, 15) is 10.1 Å². The zero-order valence-electron chi connectivity index (χ0n) is 9.33. The summed E-state index contributed by atoms with van der Waals surface area (Å²) >= 11 is 0. The second kappa shape index (κ2) is 3.84. The molecule has 1 heterocycles. The lowest BCUT2D eigenvalue weighted by Crippen LogP contribution is -2.45. The van der Waals surface area contributed by atoms with Crippen LogP contribution < -0.4 is 0 Å². The maximum atomic E-state index is 11.2. The van der Waals surface area contributed by atoms with Crippen molar-refractivity contribution in [3.63, 3.8) is 0 Å². The number of rotatable bonds is 1. The largest absolute Gasteiger partial charge is 0.343 e. The van der Waals surface area contributed by atoms with Gasteiger partial charge in [-0.15, -0.1) is 0 Å². The molecule has 0 aromatic carbocycles. The fourth-order valence-corrected chi connectivity index (χ4v) is 2.92. The summed E-state index contributed by atoms with van der Waals surface area (Å²) in [5.41, 5.74) is -0.0249. The van der Waals surface area contributed by atoms with Crippen LogP contribution in [0.4, 0.5) is 0 Å². The number of nitrogens with zero attached hydrogens (tertiary/aromatic N) is 2. The Balaban J connectivity index is 1.94. The van der Waals surface area contributed by atoms with Crippen LogP contribution >= 0.6 is 0 Å². The topological polar surface area (TPSA) is 44.1 Å². The molecule has 0 aromatic rings. The standard InChI is InChI=1S/C12H18N2O/c1-10(15)14-7-3-11(4-8-14)12(9-13)5-2-6-12/h11H,2-8H2,1H3. The van der Waals surface area contributed by atoms with Crippen LogP contribution in [0.3, 0.4) is 0 Å². The number of hydrogen-bond acceptors (Lipinski definition) is 2. The van der Waals surface area contributed by atoms with E-state index in [1.54, 1.807) is 6.92 Å². The first kappa shape index (κ1) is 10.5. The number of carbonyl (C=O) groups excluding carboxylic acids is 1. The molecule has 1 aliphatic heterocycles. The first-order valence-corrected chi connectivity index (χ1v) is 5.85. The molecule has 0 radical (unpaired) electrons. The zero-order valence-corrected chi connectivity index (χ0v) is 9.33. The van der Waals surface area contributed by atoms with Crippen LogP contribution in [0.5, 0.6) is 0 Å². The summed E-state index contributed by atoms with van der Waals surface area (Å²) in [4.78, 5) is 13.1. The van der Waals surface area contributed by atoms with E-state index >= 15 is 0 Å². The van der Waals surface area contributed by atoms with Crippen LogP contribution in [0, 0.1) is 22.7 Å². The lowest BCUT2D eigenvalue weighted by Gasteiger charge is -2.45. The maximum absolute atomic E-state index is 11.2. The molecule has 0 aromatic heterocycles. The Kier molecular flexibility index (Phi) is 2.68. The van der Waals surface area contributed by atoms with Gasteiger partial charge < -0.3 is 4.90 Å². The highest BCUT2D eigenvalue weighted by Gasteiger charge is 2.45. The monoisotopic (exact) mass is 206 g/mol. The van der Waals surface area contributed by atoms with Gasteiger partial charge in [-0.3, -0.25) is 4.79 Å². The third kappa shape index (κ3) is 1.73. The van der Waals surface area contributed by atoms with E-state index in [0.717, 1.165) is 38.8 Å². The van der Waals surface area contributed by atoms with Crippen LogP contribution in [0.2, 0.25) is 0 Å². The Morgan fingerprint density at radius 3 is 2.33 bits per heavy atom. The highest BCUT2D eigenvalue weighted by atomic mass is 16.2. The predicted molar refractivity (Wildman–Crippen MR) is 56.9 cm³/mol. The molecule has 1 amide bonds. The molecule has 0 atom stereocenters. The van der Waals surface area contributed by atoms with Crippen LogP contribution in [0.25, 0.3) is 0 Å². The van der Waals surface area contributed by atoms with E-state index in [2.05, 4.69) is 6.07 Å². The molecular formula is C12H18N2O. The fourth-order valence-electron chi connectivity index (χ4n) is 2.92. The summed E-state index contributed by atoms with van der Waals surface area (Å²) in [6.07, 6.45) is 5.41. The van der Waals surface area contributed by atoms with Crippen molar-refractivity contribution in [1.82, 2.24) is 4.90 Å². The number of nitriles is 1. The van der Waals surface area contributed by atoms with Gasteiger partial charge in [0.15, 0.2) is 0 Å². The van der Waals surface area contributed by atoms with Gasteiger partial charge >= 0.3 is 0 Å². The summed E-state index contributed by atoms with van der Waals surface area (Å²) in [6, 6.07) is 2.53. The lowest BCUT2D eigenvalue weighted by atomic mass is 9.59. The minimum Gasteiger partial charge on any atom is -0.343 e. The Bertz CT molecular complexity index is 293. The number of likely N-dealkylation sites (tertiary alicyclic amines) is 1. The summed E-state index contributed by atoms with van der Waals surface area (Å²) < 4.78 is 0. The lowest BCUT2D eigenvalue weighted by molar-refractivity contribution is -0.131. The van der Waals surface area contributed by atoms with Gasteiger partial charge in [0.05, 0.1) is 11.5 Å². The van der Waals surface area contributed by atoms with Crippen LogP contribution in [-0.2, 0) is 4.79 Å². The second-order valence-electron chi connectivity index (χ2n) is 4.90. The first-order chi connectivity index (χ1) is 7.18. The summed E-state index contributed by atoms with van der Waals surface area (Å²) in [6.45, 7) is 3.33. The molecule has 0 N–H and O–H groups in total. The molecule has 1 saturated carbocycles. The molecule has 82 valence electrons. The molecule has 0 unspecified atom stereocenters. The van der Waals surface area contributed by atoms with E-state index in [0.29, 0.717) is 5.92 Å². The zero-order chi connectivity index (χ0) is 10.9. The minimum absolute atomic E-state index is 0.0249. The van der Waals surface area contributed by atoms with Crippen LogP contribution in [0.1, 0.15) is 39.0 Å². The molecule has 2 fully saturated rings. The second-order valence-corrected chi connectivity index (χ2v) is 4.90. The maximum Gasteiger partial charge on any atom is 0.219 e. The molecule has 0 bridgehead atoms.